The van der Waals surface area contributed by atoms with Crippen LogP contribution in [-0.4, -0.2) is 44.6 Å². The van der Waals surface area contributed by atoms with Gasteiger partial charge in [0.2, 0.25) is 0 Å². The van der Waals surface area contributed by atoms with Crippen molar-refractivity contribution in [3.63, 3.8) is 0 Å². The third-order valence-electron chi connectivity index (χ3n) is 8.68. The van der Waals surface area contributed by atoms with Gasteiger partial charge in [-0.1, -0.05) is 49.5 Å². The van der Waals surface area contributed by atoms with Gasteiger partial charge in [0.05, 0.1) is 30.5 Å². The molecule has 0 radical (unpaired) electrons. The number of benzene rings is 1. The minimum absolute atomic E-state index is 0.0318. The summed E-state index contributed by atoms with van der Waals surface area (Å²) in [5.74, 6) is 0.102. The number of carbonyl (C=O) groups excluding carboxylic acids is 2. The molecule has 1 N–H and O–H groups in total. The van der Waals surface area contributed by atoms with E-state index in [2.05, 4.69) is 12.0 Å². The fourth-order valence-electron chi connectivity index (χ4n) is 5.76. The average molecular weight is 535 g/mol. The molecule has 2 aromatic rings. The number of hydrogen-bond donors (Lipinski definition) is 1. The number of Topliss-reactive ketones (excluding diaryl/α,β-unsaturated/α-hetero) is 1. The summed E-state index contributed by atoms with van der Waals surface area (Å²) in [6.07, 6.45) is 7.27. The molecule has 2 aliphatic rings. The van der Waals surface area contributed by atoms with Gasteiger partial charge in [-0.15, -0.1) is 0 Å². The molecule has 36 heavy (non-hydrogen) atoms. The second kappa shape index (κ2) is 10.5. The Labute approximate surface area is 224 Å². The quantitative estimate of drug-likeness (QED) is 0.416. The highest BCUT2D eigenvalue weighted by molar-refractivity contribution is 6.36. The van der Waals surface area contributed by atoms with Crippen LogP contribution >= 0.6 is 23.2 Å². The van der Waals surface area contributed by atoms with Crippen LogP contribution in [-0.2, 0) is 4.79 Å². The van der Waals surface area contributed by atoms with E-state index in [1.807, 2.05) is 18.5 Å². The van der Waals surface area contributed by atoms with E-state index < -0.39 is 6.10 Å². The SMILES string of the molecule is Cc1c(C(=O)N(CC(O)c2c(Cl)cccc2Cl)CC2(C)CCC2)cnn1[C@H]1CC[C@](C)(C(C)=O)CC1. The minimum Gasteiger partial charge on any atom is -0.386 e. The van der Waals surface area contributed by atoms with Gasteiger partial charge in [0.25, 0.3) is 5.91 Å². The van der Waals surface area contributed by atoms with Crippen LogP contribution in [0.25, 0.3) is 0 Å². The van der Waals surface area contributed by atoms with E-state index in [-0.39, 0.29) is 35.1 Å². The van der Waals surface area contributed by atoms with Crippen molar-refractivity contribution in [1.29, 1.82) is 0 Å². The number of amides is 1. The summed E-state index contributed by atoms with van der Waals surface area (Å²) in [5.41, 5.74) is 1.59. The summed E-state index contributed by atoms with van der Waals surface area (Å²) in [6.45, 7) is 8.50. The van der Waals surface area contributed by atoms with Gasteiger partial charge in [0.15, 0.2) is 0 Å². The Hall–Kier alpha value is -1.89. The van der Waals surface area contributed by atoms with E-state index >= 15 is 0 Å². The van der Waals surface area contributed by atoms with Crippen molar-refractivity contribution in [1.82, 2.24) is 14.7 Å². The second-order valence-corrected chi connectivity index (χ2v) is 12.3. The molecule has 0 aliphatic heterocycles. The number of ketones is 1. The van der Waals surface area contributed by atoms with Gasteiger partial charge in [0.1, 0.15) is 5.78 Å². The molecule has 1 aromatic heterocycles. The van der Waals surface area contributed by atoms with Crippen LogP contribution < -0.4 is 0 Å². The maximum absolute atomic E-state index is 13.9. The first-order valence-corrected chi connectivity index (χ1v) is 13.7. The first-order chi connectivity index (χ1) is 16.9. The smallest absolute Gasteiger partial charge is 0.257 e. The second-order valence-electron chi connectivity index (χ2n) is 11.4. The van der Waals surface area contributed by atoms with E-state index in [0.29, 0.717) is 27.7 Å². The first kappa shape index (κ1) is 27.2. The minimum atomic E-state index is -1.00. The maximum Gasteiger partial charge on any atom is 0.257 e. The molecule has 2 aliphatic carbocycles. The normalized spacial score (nSPS) is 24.1. The lowest BCUT2D eigenvalue weighted by molar-refractivity contribution is -0.127. The van der Waals surface area contributed by atoms with E-state index in [0.717, 1.165) is 50.6 Å². The number of aromatic nitrogens is 2. The lowest BCUT2D eigenvalue weighted by Crippen LogP contribution is -2.45. The van der Waals surface area contributed by atoms with Crippen LogP contribution in [0.3, 0.4) is 0 Å². The van der Waals surface area contributed by atoms with Crippen molar-refractivity contribution >= 4 is 34.9 Å². The zero-order chi connectivity index (χ0) is 26.3. The van der Waals surface area contributed by atoms with Crippen LogP contribution in [0, 0.1) is 17.8 Å². The molecule has 0 bridgehead atoms. The highest BCUT2D eigenvalue weighted by Gasteiger charge is 2.38. The summed E-state index contributed by atoms with van der Waals surface area (Å²) in [7, 11) is 0. The standard InChI is InChI=1S/C28H37Cl2N3O3/c1-18-21(15-31-33(18)20-9-13-28(4,14-10-20)19(2)34)26(36)32(17-27(3)11-6-12-27)16-24(35)25-22(29)7-5-8-23(25)30/h5,7-8,15,20,24,35H,6,9-14,16-17H2,1-4H3/t20-,24?,28-. The Morgan fingerprint density at radius 3 is 2.31 bits per heavy atom. The van der Waals surface area contributed by atoms with Gasteiger partial charge in [-0.3, -0.25) is 14.3 Å². The molecule has 1 unspecified atom stereocenters. The molecule has 0 spiro atoms. The molecule has 4 rings (SSSR count). The van der Waals surface area contributed by atoms with Crippen molar-refractivity contribution < 1.29 is 14.7 Å². The molecule has 2 saturated carbocycles. The van der Waals surface area contributed by atoms with E-state index in [1.54, 1.807) is 36.2 Å². The fourth-order valence-corrected chi connectivity index (χ4v) is 6.41. The first-order valence-electron chi connectivity index (χ1n) is 12.9. The largest absolute Gasteiger partial charge is 0.386 e. The molecule has 1 aromatic carbocycles. The highest BCUT2D eigenvalue weighted by atomic mass is 35.5. The van der Waals surface area contributed by atoms with Crippen LogP contribution in [0.1, 0.15) is 99.5 Å². The molecule has 1 amide bonds. The van der Waals surface area contributed by atoms with Crippen LogP contribution in [0.4, 0.5) is 0 Å². The number of hydrogen-bond acceptors (Lipinski definition) is 4. The molecule has 0 saturated heterocycles. The Bertz CT molecular complexity index is 1110. The predicted octanol–water partition coefficient (Wildman–Crippen LogP) is 6.57. The molecule has 196 valence electrons. The molecular weight excluding hydrogens is 497 g/mol. The zero-order valence-corrected chi connectivity index (χ0v) is 23.2. The summed E-state index contributed by atoms with van der Waals surface area (Å²) >= 11 is 12.7. The van der Waals surface area contributed by atoms with Gasteiger partial charge < -0.3 is 10.0 Å². The highest BCUT2D eigenvalue weighted by Crippen LogP contribution is 2.43. The number of aliphatic hydroxyl groups excluding tert-OH is 1. The molecule has 8 heteroatoms. The number of rotatable bonds is 8. The molecule has 1 atom stereocenters. The molecule has 1 heterocycles. The summed E-state index contributed by atoms with van der Waals surface area (Å²) in [4.78, 5) is 27.7. The maximum atomic E-state index is 13.9. The number of carbonyl (C=O) groups is 2. The summed E-state index contributed by atoms with van der Waals surface area (Å²) in [5, 5.41) is 16.5. The topological polar surface area (TPSA) is 75.4 Å². The van der Waals surface area contributed by atoms with Gasteiger partial charge >= 0.3 is 0 Å². The fraction of sp³-hybridized carbons (Fsp3) is 0.607. The number of halogens is 2. The third kappa shape index (κ3) is 5.36. The summed E-state index contributed by atoms with van der Waals surface area (Å²) in [6, 6.07) is 5.30. The van der Waals surface area contributed by atoms with Crippen LogP contribution in [0.2, 0.25) is 10.0 Å². The van der Waals surface area contributed by atoms with Gasteiger partial charge in [-0.25, -0.2) is 0 Å². The lowest BCUT2D eigenvalue weighted by atomic mass is 9.70. The number of aliphatic hydroxyl groups is 1. The van der Waals surface area contributed by atoms with E-state index in [4.69, 9.17) is 23.2 Å². The van der Waals surface area contributed by atoms with Crippen LogP contribution in [0.5, 0.6) is 0 Å². The van der Waals surface area contributed by atoms with E-state index in [1.165, 1.54) is 0 Å². The Balaban J connectivity index is 1.56. The van der Waals surface area contributed by atoms with Crippen molar-refractivity contribution in [3.05, 3.63) is 51.3 Å². The number of nitrogens with zero attached hydrogens (tertiary/aromatic N) is 3. The predicted molar refractivity (Wildman–Crippen MR) is 143 cm³/mol. The Morgan fingerprint density at radius 2 is 1.78 bits per heavy atom. The van der Waals surface area contributed by atoms with Crippen molar-refractivity contribution in [3.8, 4) is 0 Å². The lowest BCUT2D eigenvalue weighted by Gasteiger charge is -2.42. The summed E-state index contributed by atoms with van der Waals surface area (Å²) < 4.78 is 1.96. The van der Waals surface area contributed by atoms with Crippen molar-refractivity contribution in [2.24, 2.45) is 10.8 Å². The van der Waals surface area contributed by atoms with Gasteiger partial charge in [0, 0.05) is 33.3 Å². The molecular formula is C28H37Cl2N3O3. The Morgan fingerprint density at radius 1 is 1.17 bits per heavy atom. The van der Waals surface area contributed by atoms with Gasteiger partial charge in [-0.05, 0) is 69.9 Å². The average Bonchev–Trinajstić information content (AvgIpc) is 3.18. The van der Waals surface area contributed by atoms with Crippen molar-refractivity contribution in [2.45, 2.75) is 84.8 Å². The van der Waals surface area contributed by atoms with Crippen molar-refractivity contribution in [2.75, 3.05) is 13.1 Å². The molecule has 6 nitrogen and oxygen atoms in total. The third-order valence-corrected chi connectivity index (χ3v) is 9.34. The Kier molecular flexibility index (Phi) is 7.89. The monoisotopic (exact) mass is 533 g/mol. The molecule has 2 fully saturated rings. The van der Waals surface area contributed by atoms with Gasteiger partial charge in [-0.2, -0.15) is 5.10 Å². The van der Waals surface area contributed by atoms with E-state index in [9.17, 15) is 14.7 Å². The van der Waals surface area contributed by atoms with Crippen LogP contribution in [0.15, 0.2) is 24.4 Å². The zero-order valence-electron chi connectivity index (χ0n) is 21.7.